The summed E-state index contributed by atoms with van der Waals surface area (Å²) in [4.78, 5) is 27.6. The highest BCUT2D eigenvalue weighted by Crippen LogP contribution is 2.22. The van der Waals surface area contributed by atoms with Gasteiger partial charge in [0.15, 0.2) is 0 Å². The number of nitrogens with zero attached hydrogens (tertiary/aromatic N) is 2. The fraction of sp³-hybridized carbons (Fsp3) is 0.222. The number of carbonyl (C=O) groups excluding carboxylic acids is 2. The Bertz CT molecular complexity index is 930. The molecule has 8 heteroatoms. The minimum atomic E-state index is -0.431. The van der Waals surface area contributed by atoms with Crippen LogP contribution in [0.2, 0.25) is 0 Å². The maximum Gasteiger partial charge on any atom is 0.340 e. The minimum Gasteiger partial charge on any atom is -0.462 e. The molecule has 0 aliphatic heterocycles. The summed E-state index contributed by atoms with van der Waals surface area (Å²) in [6, 6.07) is 7.32. The van der Waals surface area contributed by atoms with Crippen molar-refractivity contribution in [1.29, 1.82) is 0 Å². The first-order valence-corrected chi connectivity index (χ1v) is 8.90. The largest absolute Gasteiger partial charge is 0.462 e. The van der Waals surface area contributed by atoms with Crippen molar-refractivity contribution >= 4 is 29.1 Å². The van der Waals surface area contributed by atoms with E-state index in [0.717, 1.165) is 11.3 Å². The average molecular weight is 370 g/mol. The molecule has 2 N–H and O–H groups in total. The monoisotopic (exact) mass is 370 g/mol. The number of esters is 1. The van der Waals surface area contributed by atoms with Crippen LogP contribution in [0.15, 0.2) is 29.6 Å². The Morgan fingerprint density at radius 1 is 1.23 bits per heavy atom. The van der Waals surface area contributed by atoms with E-state index in [-0.39, 0.29) is 12.5 Å². The Labute approximate surface area is 154 Å². The number of benzene rings is 1. The molecule has 3 aromatic rings. The first-order valence-electron chi connectivity index (χ1n) is 8.06. The van der Waals surface area contributed by atoms with Gasteiger partial charge in [0.1, 0.15) is 11.4 Å². The average Bonchev–Trinajstić information content (AvgIpc) is 3.24. The number of nitrogens with one attached hydrogen (secondary N) is 2. The van der Waals surface area contributed by atoms with Crippen LogP contribution in [0.4, 0.5) is 5.69 Å². The van der Waals surface area contributed by atoms with E-state index in [1.54, 1.807) is 32.9 Å². The molecule has 0 aliphatic rings. The summed E-state index contributed by atoms with van der Waals surface area (Å²) >= 11 is 1.28. The summed E-state index contributed by atoms with van der Waals surface area (Å²) in [5.41, 5.74) is 4.30. The molecule has 134 valence electrons. The summed E-state index contributed by atoms with van der Waals surface area (Å²) in [7, 11) is 0. The molecular formula is C18H18N4O3S. The normalized spacial score (nSPS) is 10.6. The molecule has 0 bridgehead atoms. The third-order valence-electron chi connectivity index (χ3n) is 3.94. The molecule has 2 heterocycles. The summed E-state index contributed by atoms with van der Waals surface area (Å²) in [5, 5.41) is 8.70. The highest BCUT2D eigenvalue weighted by Gasteiger charge is 2.22. The van der Waals surface area contributed by atoms with Gasteiger partial charge in [0.05, 0.1) is 12.2 Å². The van der Waals surface area contributed by atoms with Gasteiger partial charge in [-0.3, -0.25) is 4.79 Å². The van der Waals surface area contributed by atoms with Crippen molar-refractivity contribution in [1.82, 2.24) is 14.6 Å². The van der Waals surface area contributed by atoms with Gasteiger partial charge in [0.25, 0.3) is 5.91 Å². The van der Waals surface area contributed by atoms with E-state index >= 15 is 0 Å². The third-order valence-corrected chi connectivity index (χ3v) is 4.45. The number of hydrogen-bond acceptors (Lipinski definition) is 6. The lowest BCUT2D eigenvalue weighted by molar-refractivity contribution is 0.0525. The van der Waals surface area contributed by atoms with Gasteiger partial charge in [-0.25, -0.2) is 4.79 Å². The van der Waals surface area contributed by atoms with Crippen LogP contribution in [-0.2, 0) is 4.74 Å². The van der Waals surface area contributed by atoms with Crippen LogP contribution in [0.3, 0.4) is 0 Å². The summed E-state index contributed by atoms with van der Waals surface area (Å²) in [5.74, 6) is -0.747. The number of aromatic nitrogens is 3. The lowest BCUT2D eigenvalue weighted by Gasteiger charge is -2.06. The Hall–Kier alpha value is -3.00. The van der Waals surface area contributed by atoms with Crippen LogP contribution in [-0.4, -0.2) is 33.1 Å². The first-order chi connectivity index (χ1) is 12.5. The molecule has 2 aromatic heterocycles. The number of amides is 1. The van der Waals surface area contributed by atoms with Crippen LogP contribution in [0, 0.1) is 13.8 Å². The molecule has 0 aliphatic carbocycles. The first kappa shape index (κ1) is 17.8. The van der Waals surface area contributed by atoms with E-state index in [4.69, 9.17) is 4.74 Å². The van der Waals surface area contributed by atoms with Crippen LogP contribution in [0.5, 0.6) is 0 Å². The molecule has 0 spiro atoms. The number of aromatic amines is 1. The van der Waals surface area contributed by atoms with Crippen LogP contribution in [0.1, 0.15) is 39.0 Å². The number of anilines is 1. The van der Waals surface area contributed by atoms with Crippen molar-refractivity contribution in [3.05, 3.63) is 52.2 Å². The van der Waals surface area contributed by atoms with E-state index in [2.05, 4.69) is 19.9 Å². The highest BCUT2D eigenvalue weighted by atomic mass is 32.1. The second kappa shape index (κ2) is 7.49. The SMILES string of the molecule is CCOC(=O)c1c(C)[nH]c(C(=O)Nc2ccc(-c3csnn3)cc2)c1C. The molecule has 0 saturated heterocycles. The zero-order valence-electron chi connectivity index (χ0n) is 14.6. The van der Waals surface area contributed by atoms with Gasteiger partial charge in [-0.15, -0.1) is 5.10 Å². The van der Waals surface area contributed by atoms with Crippen molar-refractivity contribution < 1.29 is 14.3 Å². The van der Waals surface area contributed by atoms with Gasteiger partial charge in [0.2, 0.25) is 0 Å². The van der Waals surface area contributed by atoms with Crippen LogP contribution >= 0.6 is 11.5 Å². The van der Waals surface area contributed by atoms with Gasteiger partial charge in [0, 0.05) is 22.3 Å². The maximum absolute atomic E-state index is 12.6. The van der Waals surface area contributed by atoms with Gasteiger partial charge < -0.3 is 15.0 Å². The third kappa shape index (κ3) is 3.50. The molecule has 0 unspecified atom stereocenters. The molecule has 0 saturated carbocycles. The summed E-state index contributed by atoms with van der Waals surface area (Å²) < 4.78 is 8.89. The van der Waals surface area contributed by atoms with Crippen molar-refractivity contribution in [2.24, 2.45) is 0 Å². The van der Waals surface area contributed by atoms with Crippen LogP contribution in [0.25, 0.3) is 11.3 Å². The topological polar surface area (TPSA) is 97.0 Å². The second-order valence-electron chi connectivity index (χ2n) is 5.67. The quantitative estimate of drug-likeness (QED) is 0.669. The van der Waals surface area contributed by atoms with Crippen molar-refractivity contribution in [2.75, 3.05) is 11.9 Å². The predicted octanol–water partition coefficient (Wildman–Crippen LogP) is 3.58. The van der Waals surface area contributed by atoms with Gasteiger partial charge in [-0.1, -0.05) is 16.6 Å². The van der Waals surface area contributed by atoms with Crippen molar-refractivity contribution in [3.63, 3.8) is 0 Å². The molecule has 0 atom stereocenters. The smallest absolute Gasteiger partial charge is 0.340 e. The van der Waals surface area contributed by atoms with E-state index in [9.17, 15) is 9.59 Å². The molecule has 3 rings (SSSR count). The Morgan fingerprint density at radius 3 is 2.58 bits per heavy atom. The molecule has 7 nitrogen and oxygen atoms in total. The zero-order chi connectivity index (χ0) is 18.7. The number of rotatable bonds is 5. The Balaban J connectivity index is 1.78. The van der Waals surface area contributed by atoms with E-state index in [1.165, 1.54) is 11.5 Å². The fourth-order valence-electron chi connectivity index (χ4n) is 2.69. The number of carbonyl (C=O) groups is 2. The van der Waals surface area contributed by atoms with Crippen LogP contribution < -0.4 is 5.32 Å². The molecule has 26 heavy (non-hydrogen) atoms. The Kier molecular flexibility index (Phi) is 5.13. The standard InChI is InChI=1S/C18H18N4O3S/c1-4-25-18(24)15-10(2)16(19-11(15)3)17(23)20-13-7-5-12(6-8-13)14-9-26-22-21-14/h5-9,19H,4H2,1-3H3,(H,20,23). The molecule has 0 radical (unpaired) electrons. The fourth-order valence-corrected chi connectivity index (χ4v) is 3.16. The predicted molar refractivity (Wildman–Crippen MR) is 99.5 cm³/mol. The van der Waals surface area contributed by atoms with E-state index in [1.807, 2.05) is 17.5 Å². The highest BCUT2D eigenvalue weighted by molar-refractivity contribution is 7.03. The summed E-state index contributed by atoms with van der Waals surface area (Å²) in [6.45, 7) is 5.50. The molecule has 1 amide bonds. The van der Waals surface area contributed by atoms with Gasteiger partial charge in [-0.2, -0.15) is 0 Å². The van der Waals surface area contributed by atoms with E-state index < -0.39 is 5.97 Å². The number of aryl methyl sites for hydroxylation is 1. The minimum absolute atomic E-state index is 0.283. The van der Waals surface area contributed by atoms with Gasteiger partial charge >= 0.3 is 5.97 Å². The van der Waals surface area contributed by atoms with E-state index in [0.29, 0.717) is 28.2 Å². The molecule has 1 aromatic carbocycles. The zero-order valence-corrected chi connectivity index (χ0v) is 15.4. The lowest BCUT2D eigenvalue weighted by Crippen LogP contribution is -2.14. The Morgan fingerprint density at radius 2 is 1.96 bits per heavy atom. The van der Waals surface area contributed by atoms with Crippen molar-refractivity contribution in [2.45, 2.75) is 20.8 Å². The lowest BCUT2D eigenvalue weighted by atomic mass is 10.1. The maximum atomic E-state index is 12.6. The molecular weight excluding hydrogens is 352 g/mol. The number of hydrogen-bond donors (Lipinski definition) is 2. The molecule has 0 fully saturated rings. The van der Waals surface area contributed by atoms with Gasteiger partial charge in [-0.05, 0) is 50.0 Å². The van der Waals surface area contributed by atoms with Crippen molar-refractivity contribution in [3.8, 4) is 11.3 Å². The number of H-pyrrole nitrogens is 1. The summed E-state index contributed by atoms with van der Waals surface area (Å²) in [6.07, 6.45) is 0. The second-order valence-corrected chi connectivity index (χ2v) is 6.28. The number of ether oxygens (including phenoxy) is 1.